The Morgan fingerprint density at radius 1 is 1.00 bits per heavy atom. The van der Waals surface area contributed by atoms with Crippen LogP contribution in [0.2, 0.25) is 0 Å². The van der Waals surface area contributed by atoms with Gasteiger partial charge in [-0.2, -0.15) is 5.26 Å². The Morgan fingerprint density at radius 2 is 1.70 bits per heavy atom. The number of rotatable bonds is 6. The molecule has 3 aromatic rings. The molecule has 0 saturated heterocycles. The Kier molecular flexibility index (Phi) is 5.54. The van der Waals surface area contributed by atoms with Crippen molar-refractivity contribution in [2.24, 2.45) is 17.8 Å². The van der Waals surface area contributed by atoms with Gasteiger partial charge in [-0.3, -0.25) is 14.9 Å². The summed E-state index contributed by atoms with van der Waals surface area (Å²) in [6, 6.07) is 21.0. The second-order valence-electron chi connectivity index (χ2n) is 8.40. The minimum Gasteiger partial charge on any atom is -0.455 e. The maximum Gasteiger partial charge on any atom is 0.310 e. The number of nitrogens with one attached hydrogen (secondary N) is 1. The van der Waals surface area contributed by atoms with E-state index in [1.54, 1.807) is 0 Å². The normalized spacial score (nSPS) is 20.4. The lowest BCUT2D eigenvalue weighted by atomic mass is 9.94. The average Bonchev–Trinajstić information content (AvgIpc) is 3.58. The molecule has 6 heteroatoms. The van der Waals surface area contributed by atoms with E-state index < -0.39 is 12.5 Å². The van der Waals surface area contributed by atoms with Crippen LogP contribution >= 0.6 is 0 Å². The number of nitriles is 1. The molecule has 0 aliphatic heterocycles. The summed E-state index contributed by atoms with van der Waals surface area (Å²) in [6.07, 6.45) is 5.97. The molecule has 2 aliphatic carbocycles. The number of nitrogens with zero attached hydrogens (tertiary/aromatic N) is 1. The maximum atomic E-state index is 12.6. The van der Waals surface area contributed by atoms with Crippen LogP contribution in [-0.2, 0) is 14.3 Å². The number of hydrogen-bond acceptors (Lipinski definition) is 5. The fraction of sp³-hybridized carbons (Fsp3) is 0.222. The van der Waals surface area contributed by atoms with Crippen LogP contribution in [0.25, 0.3) is 22.5 Å². The number of hydrogen-bond donors (Lipinski definition) is 1. The molecule has 3 atom stereocenters. The molecule has 1 saturated carbocycles. The van der Waals surface area contributed by atoms with E-state index in [1.165, 1.54) is 0 Å². The maximum absolute atomic E-state index is 12.6. The molecule has 0 radical (unpaired) electrons. The minimum atomic E-state index is -0.550. The number of ether oxygens (including phenoxy) is 1. The summed E-state index contributed by atoms with van der Waals surface area (Å²) >= 11 is 0. The van der Waals surface area contributed by atoms with Crippen molar-refractivity contribution in [1.29, 1.82) is 5.26 Å². The highest BCUT2D eigenvalue weighted by Gasteiger charge is 2.40. The summed E-state index contributed by atoms with van der Waals surface area (Å²) in [6.45, 7) is -0.427. The molecule has 0 spiro atoms. The minimum absolute atomic E-state index is 0.0408. The summed E-state index contributed by atoms with van der Waals surface area (Å²) in [7, 11) is 0. The third-order valence-corrected chi connectivity index (χ3v) is 6.30. The number of fused-ring (bicyclic) bond motifs is 2. The summed E-state index contributed by atoms with van der Waals surface area (Å²) in [4.78, 5) is 25.0. The summed E-state index contributed by atoms with van der Waals surface area (Å²) in [5.41, 5.74) is 2.40. The monoisotopic (exact) mass is 438 g/mol. The quantitative estimate of drug-likeness (QED) is 0.423. The van der Waals surface area contributed by atoms with E-state index in [4.69, 9.17) is 9.15 Å². The Balaban J connectivity index is 1.37. The van der Waals surface area contributed by atoms with Crippen LogP contribution in [0.3, 0.4) is 0 Å². The van der Waals surface area contributed by atoms with Gasteiger partial charge in [-0.05, 0) is 30.2 Å². The molecule has 5 rings (SSSR count). The molecule has 2 aliphatic rings. The lowest BCUT2D eigenvalue weighted by molar-refractivity contribution is -0.152. The number of carbonyl (C=O) groups is 2. The number of anilines is 1. The first-order valence-corrected chi connectivity index (χ1v) is 11.0. The number of amides is 1. The molecule has 0 unspecified atom stereocenters. The highest BCUT2D eigenvalue weighted by atomic mass is 16.5. The van der Waals surface area contributed by atoms with Crippen molar-refractivity contribution < 1.29 is 18.7 Å². The molecular formula is C27H22N2O4. The van der Waals surface area contributed by atoms with Crippen LogP contribution < -0.4 is 5.32 Å². The molecule has 33 heavy (non-hydrogen) atoms. The largest absolute Gasteiger partial charge is 0.455 e. The fourth-order valence-corrected chi connectivity index (χ4v) is 4.76. The molecule has 2 aromatic carbocycles. The molecule has 6 nitrogen and oxygen atoms in total. The third kappa shape index (κ3) is 4.06. The summed E-state index contributed by atoms with van der Waals surface area (Å²) in [5.74, 6) is 0.0978. The fourth-order valence-electron chi connectivity index (χ4n) is 4.76. The molecule has 1 N–H and O–H groups in total. The third-order valence-electron chi connectivity index (χ3n) is 6.30. The zero-order valence-corrected chi connectivity index (χ0v) is 17.9. The van der Waals surface area contributed by atoms with Gasteiger partial charge in [0.25, 0.3) is 5.91 Å². The van der Waals surface area contributed by atoms with Crippen LogP contribution in [0.1, 0.15) is 18.4 Å². The van der Waals surface area contributed by atoms with Gasteiger partial charge in [0.05, 0.1) is 5.92 Å². The van der Waals surface area contributed by atoms with E-state index in [0.29, 0.717) is 17.2 Å². The van der Waals surface area contributed by atoms with Gasteiger partial charge in [0.1, 0.15) is 17.4 Å². The number of benzene rings is 2. The van der Waals surface area contributed by atoms with Gasteiger partial charge in [0.2, 0.25) is 5.88 Å². The van der Waals surface area contributed by atoms with Crippen LogP contribution in [0.15, 0.2) is 77.2 Å². The highest BCUT2D eigenvalue weighted by Crippen LogP contribution is 2.44. The first kappa shape index (κ1) is 20.8. The van der Waals surface area contributed by atoms with Crippen LogP contribution in [-0.4, -0.2) is 18.5 Å². The number of esters is 1. The molecule has 1 fully saturated rings. The van der Waals surface area contributed by atoms with Crippen molar-refractivity contribution in [2.75, 3.05) is 11.9 Å². The highest BCUT2D eigenvalue weighted by molar-refractivity contribution is 5.96. The van der Waals surface area contributed by atoms with Crippen molar-refractivity contribution in [3.8, 4) is 28.5 Å². The van der Waals surface area contributed by atoms with E-state index in [2.05, 4.69) is 23.5 Å². The zero-order valence-electron chi connectivity index (χ0n) is 17.9. The Morgan fingerprint density at radius 3 is 2.30 bits per heavy atom. The van der Waals surface area contributed by atoms with Crippen molar-refractivity contribution in [1.82, 2.24) is 0 Å². The molecule has 1 aromatic heterocycles. The van der Waals surface area contributed by atoms with E-state index in [9.17, 15) is 14.9 Å². The second kappa shape index (κ2) is 8.79. The summed E-state index contributed by atoms with van der Waals surface area (Å²) < 4.78 is 11.3. The Hall–Kier alpha value is -4.11. The van der Waals surface area contributed by atoms with Gasteiger partial charge in [-0.25, -0.2) is 0 Å². The van der Waals surface area contributed by atoms with E-state index in [1.807, 2.05) is 60.7 Å². The smallest absolute Gasteiger partial charge is 0.310 e. The predicted octanol–water partition coefficient (Wildman–Crippen LogP) is 5.18. The van der Waals surface area contributed by atoms with Gasteiger partial charge < -0.3 is 9.15 Å². The molecule has 164 valence electrons. The topological polar surface area (TPSA) is 92.3 Å². The molecule has 2 bridgehead atoms. The van der Waals surface area contributed by atoms with Crippen LogP contribution in [0.4, 0.5) is 5.88 Å². The van der Waals surface area contributed by atoms with Gasteiger partial charge >= 0.3 is 5.97 Å². The average molecular weight is 438 g/mol. The molecule has 1 heterocycles. The first-order valence-electron chi connectivity index (χ1n) is 11.0. The van der Waals surface area contributed by atoms with Crippen LogP contribution in [0.5, 0.6) is 0 Å². The summed E-state index contributed by atoms with van der Waals surface area (Å²) in [5, 5.41) is 12.5. The zero-order chi connectivity index (χ0) is 22.8. The Labute approximate surface area is 191 Å². The van der Waals surface area contributed by atoms with Gasteiger partial charge in [0, 0.05) is 11.1 Å². The van der Waals surface area contributed by atoms with Gasteiger partial charge in [0.15, 0.2) is 6.61 Å². The predicted molar refractivity (Wildman–Crippen MR) is 123 cm³/mol. The van der Waals surface area contributed by atoms with Crippen molar-refractivity contribution in [3.63, 3.8) is 0 Å². The molecule has 1 amide bonds. The van der Waals surface area contributed by atoms with Gasteiger partial charge in [-0.1, -0.05) is 72.8 Å². The van der Waals surface area contributed by atoms with Crippen LogP contribution in [0, 0.1) is 29.1 Å². The van der Waals surface area contributed by atoms with Crippen molar-refractivity contribution in [3.05, 3.63) is 78.4 Å². The number of furan rings is 1. The first-order chi connectivity index (χ1) is 16.1. The van der Waals surface area contributed by atoms with E-state index in [-0.39, 0.29) is 29.3 Å². The second-order valence-corrected chi connectivity index (χ2v) is 8.40. The number of allylic oxidation sites excluding steroid dienone is 2. The number of carbonyl (C=O) groups excluding carboxylic acids is 2. The SMILES string of the molecule is N#Cc1c(NC(=O)COC(=O)[C@H]2C[C@H]3C=C[C@H]2C3)oc(-c2ccccc2)c1-c1ccccc1. The van der Waals surface area contributed by atoms with Crippen molar-refractivity contribution in [2.45, 2.75) is 12.8 Å². The van der Waals surface area contributed by atoms with E-state index >= 15 is 0 Å². The van der Waals surface area contributed by atoms with Gasteiger partial charge in [-0.15, -0.1) is 0 Å². The van der Waals surface area contributed by atoms with Crippen molar-refractivity contribution >= 4 is 17.8 Å². The van der Waals surface area contributed by atoms with E-state index in [0.717, 1.165) is 24.0 Å². The Bertz CT molecular complexity index is 1250. The lowest BCUT2D eigenvalue weighted by Gasteiger charge is -2.16. The standard InChI is InChI=1S/C27H22N2O4/c28-15-22-24(18-7-3-1-4-8-18)25(19-9-5-2-6-10-19)33-26(22)29-23(30)16-32-27(31)21-14-17-11-12-20(21)13-17/h1-12,17,20-21H,13-14,16H2,(H,29,30)/t17-,20-,21-/m0/s1. The molecular weight excluding hydrogens is 416 g/mol. The lowest BCUT2D eigenvalue weighted by Crippen LogP contribution is -2.26.